The highest BCUT2D eigenvalue weighted by Gasteiger charge is 2.17. The fraction of sp³-hybridized carbons (Fsp3) is 0.125. The monoisotopic (exact) mass is 326 g/mol. The lowest BCUT2D eigenvalue weighted by molar-refractivity contribution is -0.117. The highest BCUT2D eigenvalue weighted by Crippen LogP contribution is 2.29. The molecule has 1 aromatic heterocycles. The standard InChI is InChI=1S/C16H14N4O2S/c1-11(21)20(14-6-4-3-5-7-14)16-19-13(10-23-16)8-12(9-17)15(22)18-2/h3-8,10H,1-2H3,(H,18,22)/b12-8+. The number of nitrogens with zero attached hydrogens (tertiary/aromatic N) is 3. The van der Waals surface area contributed by atoms with E-state index in [0.29, 0.717) is 16.5 Å². The Bertz CT molecular complexity index is 790. The van der Waals surface area contributed by atoms with Crippen molar-refractivity contribution in [3.63, 3.8) is 0 Å². The number of nitriles is 1. The number of carbonyl (C=O) groups excluding carboxylic acids is 2. The number of nitrogens with one attached hydrogen (secondary N) is 1. The van der Waals surface area contributed by atoms with Crippen LogP contribution in [0.5, 0.6) is 0 Å². The molecular weight excluding hydrogens is 312 g/mol. The van der Waals surface area contributed by atoms with Gasteiger partial charge >= 0.3 is 0 Å². The smallest absolute Gasteiger partial charge is 0.261 e. The second-order valence-corrected chi connectivity index (χ2v) is 5.33. The Morgan fingerprint density at radius 3 is 2.61 bits per heavy atom. The topological polar surface area (TPSA) is 86.1 Å². The SMILES string of the molecule is CNC(=O)/C(C#N)=C/c1csc(N(C(C)=O)c2ccccc2)n1. The maximum Gasteiger partial charge on any atom is 0.261 e. The molecule has 6 nitrogen and oxygen atoms in total. The van der Waals surface area contributed by atoms with Gasteiger partial charge in [-0.25, -0.2) is 4.98 Å². The van der Waals surface area contributed by atoms with Crippen LogP contribution in [0.4, 0.5) is 10.8 Å². The third kappa shape index (κ3) is 3.81. The number of aromatic nitrogens is 1. The maximum absolute atomic E-state index is 11.9. The van der Waals surface area contributed by atoms with Gasteiger partial charge in [0.1, 0.15) is 11.6 Å². The van der Waals surface area contributed by atoms with Crippen LogP contribution in [-0.4, -0.2) is 23.8 Å². The molecule has 0 aliphatic heterocycles. The minimum Gasteiger partial charge on any atom is -0.354 e. The summed E-state index contributed by atoms with van der Waals surface area (Å²) in [5, 5.41) is 13.6. The molecule has 2 rings (SSSR count). The van der Waals surface area contributed by atoms with E-state index >= 15 is 0 Å². The summed E-state index contributed by atoms with van der Waals surface area (Å²) in [5.74, 6) is -0.651. The van der Waals surface area contributed by atoms with Gasteiger partial charge in [0, 0.05) is 19.4 Å². The average molecular weight is 326 g/mol. The Labute approximate surface area is 137 Å². The summed E-state index contributed by atoms with van der Waals surface area (Å²) in [6.07, 6.45) is 1.39. The van der Waals surface area contributed by atoms with Gasteiger partial charge in [0.05, 0.1) is 11.4 Å². The number of likely N-dealkylation sites (N-methyl/N-ethyl adjacent to an activating group) is 1. The van der Waals surface area contributed by atoms with Gasteiger partial charge < -0.3 is 5.32 Å². The summed E-state index contributed by atoms with van der Waals surface area (Å²) in [4.78, 5) is 29.3. The van der Waals surface area contributed by atoms with E-state index in [1.165, 1.54) is 36.3 Å². The van der Waals surface area contributed by atoms with Crippen molar-refractivity contribution >= 4 is 40.0 Å². The molecule has 23 heavy (non-hydrogen) atoms. The molecule has 1 N–H and O–H groups in total. The van der Waals surface area contributed by atoms with Crippen LogP contribution in [0, 0.1) is 11.3 Å². The first kappa shape index (κ1) is 16.4. The molecule has 0 bridgehead atoms. The molecule has 0 aliphatic rings. The number of carbonyl (C=O) groups is 2. The van der Waals surface area contributed by atoms with Crippen LogP contribution in [0.25, 0.3) is 6.08 Å². The first-order valence-corrected chi connectivity index (χ1v) is 7.60. The van der Waals surface area contributed by atoms with E-state index in [4.69, 9.17) is 5.26 Å². The molecule has 0 aliphatic carbocycles. The Morgan fingerprint density at radius 1 is 1.35 bits per heavy atom. The molecule has 1 aromatic carbocycles. The first-order chi connectivity index (χ1) is 11.1. The van der Waals surface area contributed by atoms with Gasteiger partial charge in [0.15, 0.2) is 5.13 Å². The Hall–Kier alpha value is -2.98. The lowest BCUT2D eigenvalue weighted by Gasteiger charge is -2.17. The molecule has 0 saturated heterocycles. The summed E-state index contributed by atoms with van der Waals surface area (Å²) in [6.45, 7) is 1.45. The number of para-hydroxylation sites is 1. The molecule has 0 spiro atoms. The van der Waals surface area contributed by atoms with E-state index in [-0.39, 0.29) is 11.5 Å². The van der Waals surface area contributed by atoms with Gasteiger partial charge in [-0.15, -0.1) is 11.3 Å². The summed E-state index contributed by atoms with van der Waals surface area (Å²) >= 11 is 1.26. The van der Waals surface area contributed by atoms with Crippen molar-refractivity contribution in [2.24, 2.45) is 0 Å². The summed E-state index contributed by atoms with van der Waals surface area (Å²) in [5.41, 5.74) is 1.11. The second kappa shape index (κ2) is 7.33. The molecule has 0 unspecified atom stereocenters. The number of hydrogen-bond acceptors (Lipinski definition) is 5. The number of thiazole rings is 1. The number of hydrogen-bond donors (Lipinski definition) is 1. The molecule has 116 valence electrons. The lowest BCUT2D eigenvalue weighted by Crippen LogP contribution is -2.22. The molecule has 2 amide bonds. The Kier molecular flexibility index (Phi) is 5.23. The second-order valence-electron chi connectivity index (χ2n) is 4.49. The van der Waals surface area contributed by atoms with E-state index in [1.54, 1.807) is 5.38 Å². The molecule has 0 radical (unpaired) electrons. The molecule has 1 heterocycles. The normalized spacial score (nSPS) is 10.7. The van der Waals surface area contributed by atoms with E-state index in [2.05, 4.69) is 10.3 Å². The third-order valence-electron chi connectivity index (χ3n) is 2.91. The zero-order valence-electron chi connectivity index (χ0n) is 12.6. The maximum atomic E-state index is 11.9. The van der Waals surface area contributed by atoms with Crippen molar-refractivity contribution in [2.45, 2.75) is 6.92 Å². The van der Waals surface area contributed by atoms with Gasteiger partial charge in [0.2, 0.25) is 5.91 Å². The highest BCUT2D eigenvalue weighted by molar-refractivity contribution is 7.14. The number of anilines is 2. The van der Waals surface area contributed by atoms with Crippen molar-refractivity contribution in [2.75, 3.05) is 11.9 Å². The van der Waals surface area contributed by atoms with Crippen LogP contribution in [0.2, 0.25) is 0 Å². The Balaban J connectivity index is 2.37. The van der Waals surface area contributed by atoms with E-state index < -0.39 is 5.91 Å². The van der Waals surface area contributed by atoms with Crippen molar-refractivity contribution in [3.05, 3.63) is 47.0 Å². The molecular formula is C16H14N4O2S. The summed E-state index contributed by atoms with van der Waals surface area (Å²) in [6, 6.07) is 11.0. The predicted molar refractivity (Wildman–Crippen MR) is 89.0 cm³/mol. The third-order valence-corrected chi connectivity index (χ3v) is 3.76. The van der Waals surface area contributed by atoms with E-state index in [9.17, 15) is 9.59 Å². The molecule has 2 aromatic rings. The van der Waals surface area contributed by atoms with Crippen LogP contribution in [0.3, 0.4) is 0 Å². The quantitative estimate of drug-likeness (QED) is 0.691. The van der Waals surface area contributed by atoms with Crippen molar-refractivity contribution in [1.82, 2.24) is 10.3 Å². The molecule has 0 fully saturated rings. The van der Waals surface area contributed by atoms with Crippen LogP contribution in [-0.2, 0) is 9.59 Å². The zero-order valence-corrected chi connectivity index (χ0v) is 13.4. The zero-order chi connectivity index (χ0) is 16.8. The van der Waals surface area contributed by atoms with Crippen LogP contribution < -0.4 is 10.2 Å². The minimum atomic E-state index is -0.478. The highest BCUT2D eigenvalue weighted by atomic mass is 32.1. The largest absolute Gasteiger partial charge is 0.354 e. The first-order valence-electron chi connectivity index (χ1n) is 6.72. The van der Waals surface area contributed by atoms with Crippen molar-refractivity contribution in [1.29, 1.82) is 5.26 Å². The van der Waals surface area contributed by atoms with Gasteiger partial charge in [-0.2, -0.15) is 5.26 Å². The fourth-order valence-corrected chi connectivity index (χ4v) is 2.72. The number of amides is 2. The minimum absolute atomic E-state index is 0.0431. The van der Waals surface area contributed by atoms with E-state index in [0.717, 1.165) is 0 Å². The lowest BCUT2D eigenvalue weighted by atomic mass is 10.2. The fourth-order valence-electron chi connectivity index (χ4n) is 1.88. The number of benzene rings is 1. The number of rotatable bonds is 4. The van der Waals surface area contributed by atoms with Gasteiger partial charge in [-0.3, -0.25) is 14.5 Å². The van der Waals surface area contributed by atoms with Crippen LogP contribution in [0.1, 0.15) is 12.6 Å². The average Bonchev–Trinajstić information content (AvgIpc) is 3.00. The Morgan fingerprint density at radius 2 is 2.04 bits per heavy atom. The van der Waals surface area contributed by atoms with Crippen molar-refractivity contribution < 1.29 is 9.59 Å². The molecule has 0 atom stereocenters. The predicted octanol–water partition coefficient (Wildman–Crippen LogP) is 2.48. The van der Waals surface area contributed by atoms with Gasteiger partial charge in [0.25, 0.3) is 5.91 Å². The van der Waals surface area contributed by atoms with Crippen LogP contribution in [0.15, 0.2) is 41.3 Å². The molecule has 7 heteroatoms. The summed E-state index contributed by atoms with van der Waals surface area (Å²) in [7, 11) is 1.45. The van der Waals surface area contributed by atoms with Crippen molar-refractivity contribution in [3.8, 4) is 6.07 Å². The summed E-state index contributed by atoms with van der Waals surface area (Å²) < 4.78 is 0. The van der Waals surface area contributed by atoms with Gasteiger partial charge in [-0.1, -0.05) is 18.2 Å². The van der Waals surface area contributed by atoms with Crippen LogP contribution >= 0.6 is 11.3 Å². The molecule has 0 saturated carbocycles. The van der Waals surface area contributed by atoms with Gasteiger partial charge in [-0.05, 0) is 18.2 Å². The van der Waals surface area contributed by atoms with E-state index in [1.807, 2.05) is 36.4 Å².